The van der Waals surface area contributed by atoms with Gasteiger partial charge in [0.1, 0.15) is 0 Å². The predicted octanol–water partition coefficient (Wildman–Crippen LogP) is 21.7. The number of nitrogens with one attached hydrogen (secondary N) is 1. The maximum atomic E-state index is 12.5. The second-order valence-corrected chi connectivity index (χ2v) is 23.1. The Hall–Kier alpha value is -2.18. The number of unbranched alkanes of at least 4 members (excludes halogenated alkanes) is 46. The molecule has 0 spiro atoms. The molecular formula is C70H131NO5. The minimum atomic E-state index is -0.845. The molecule has 2 atom stereocenters. The fraction of sp³-hybridized carbons (Fsp3) is 0.857. The van der Waals surface area contributed by atoms with Crippen LogP contribution in [-0.2, 0) is 14.3 Å². The van der Waals surface area contributed by atoms with Gasteiger partial charge in [0.2, 0.25) is 5.91 Å². The molecule has 0 aromatic rings. The third-order valence-electron chi connectivity index (χ3n) is 15.6. The van der Waals surface area contributed by atoms with Crippen molar-refractivity contribution in [3.63, 3.8) is 0 Å². The molecule has 1 amide bonds. The van der Waals surface area contributed by atoms with E-state index in [2.05, 4.69) is 55.6 Å². The highest BCUT2D eigenvalue weighted by Gasteiger charge is 2.18. The Morgan fingerprint density at radius 3 is 1.05 bits per heavy atom. The summed E-state index contributed by atoms with van der Waals surface area (Å²) in [6, 6.07) is -0.629. The Kier molecular flexibility index (Phi) is 63.5. The highest BCUT2D eigenvalue weighted by Crippen LogP contribution is 2.18. The Morgan fingerprint density at radius 2 is 0.671 bits per heavy atom. The van der Waals surface area contributed by atoms with Crippen molar-refractivity contribution >= 4 is 11.9 Å². The van der Waals surface area contributed by atoms with Crippen molar-refractivity contribution in [2.45, 2.75) is 373 Å². The van der Waals surface area contributed by atoms with Gasteiger partial charge in [0.15, 0.2) is 0 Å². The summed E-state index contributed by atoms with van der Waals surface area (Å²) in [6.07, 6.45) is 84.6. The maximum absolute atomic E-state index is 12.5. The average molecular weight is 1070 g/mol. The summed E-state index contributed by atoms with van der Waals surface area (Å²) in [6.45, 7) is 4.88. The van der Waals surface area contributed by atoms with Crippen LogP contribution < -0.4 is 5.32 Å². The van der Waals surface area contributed by atoms with E-state index < -0.39 is 12.1 Å². The van der Waals surface area contributed by atoms with Gasteiger partial charge in [-0.3, -0.25) is 9.59 Å². The van der Waals surface area contributed by atoms with Gasteiger partial charge in [-0.05, 0) is 83.5 Å². The van der Waals surface area contributed by atoms with Gasteiger partial charge in [0, 0.05) is 12.8 Å². The third-order valence-corrected chi connectivity index (χ3v) is 15.6. The van der Waals surface area contributed by atoms with Crippen LogP contribution in [-0.4, -0.2) is 47.4 Å². The van der Waals surface area contributed by atoms with Crippen molar-refractivity contribution in [2.75, 3.05) is 13.2 Å². The van der Waals surface area contributed by atoms with E-state index in [1.165, 1.54) is 283 Å². The van der Waals surface area contributed by atoms with Gasteiger partial charge < -0.3 is 20.3 Å². The molecule has 76 heavy (non-hydrogen) atoms. The summed E-state index contributed by atoms with van der Waals surface area (Å²) < 4.78 is 5.48. The summed E-state index contributed by atoms with van der Waals surface area (Å²) in [5.74, 6) is -0.0653. The van der Waals surface area contributed by atoms with Crippen molar-refractivity contribution in [3.05, 3.63) is 48.6 Å². The fourth-order valence-corrected chi connectivity index (χ4v) is 10.4. The molecule has 0 bridgehead atoms. The first-order valence-corrected chi connectivity index (χ1v) is 33.9. The van der Waals surface area contributed by atoms with Gasteiger partial charge in [0.05, 0.1) is 25.4 Å². The number of aliphatic hydroxyl groups is 2. The molecule has 0 radical (unpaired) electrons. The highest BCUT2D eigenvalue weighted by molar-refractivity contribution is 5.76. The zero-order chi connectivity index (χ0) is 55.0. The normalized spacial score (nSPS) is 12.8. The van der Waals surface area contributed by atoms with E-state index in [1.54, 1.807) is 6.08 Å². The first-order valence-electron chi connectivity index (χ1n) is 33.9. The molecule has 0 heterocycles. The van der Waals surface area contributed by atoms with Crippen LogP contribution in [0.2, 0.25) is 0 Å². The van der Waals surface area contributed by atoms with Crippen molar-refractivity contribution in [1.82, 2.24) is 5.32 Å². The molecule has 6 heteroatoms. The van der Waals surface area contributed by atoms with Gasteiger partial charge in [-0.15, -0.1) is 0 Å². The Bertz CT molecular complexity index is 1270. The van der Waals surface area contributed by atoms with E-state index in [1.807, 2.05) is 6.08 Å². The summed E-state index contributed by atoms with van der Waals surface area (Å²) in [4.78, 5) is 24.5. The van der Waals surface area contributed by atoms with Gasteiger partial charge in [-0.2, -0.15) is 0 Å². The molecule has 0 saturated heterocycles. The van der Waals surface area contributed by atoms with E-state index in [4.69, 9.17) is 4.74 Å². The first-order chi connectivity index (χ1) is 37.5. The molecule has 0 aromatic carbocycles. The number of ether oxygens (including phenoxy) is 1. The SMILES string of the molecule is CCCC/C=C\C/C=C\CCCCCCCC(=O)OCCCCCCCCCCCCCC/C=C\CCCCCCCCCCCCCCC(=O)NC(CO)C(O)/C=C/CCCCCCCCCCCCCCCCC. The number of aliphatic hydroxyl groups excluding tert-OH is 2. The fourth-order valence-electron chi connectivity index (χ4n) is 10.4. The molecule has 0 aliphatic heterocycles. The Balaban J connectivity index is 3.41. The number of hydrogen-bond donors (Lipinski definition) is 3. The minimum Gasteiger partial charge on any atom is -0.466 e. The van der Waals surface area contributed by atoms with Crippen molar-refractivity contribution in [3.8, 4) is 0 Å². The summed E-state index contributed by atoms with van der Waals surface area (Å²) in [5.41, 5.74) is 0. The molecule has 3 N–H and O–H groups in total. The van der Waals surface area contributed by atoms with Crippen LogP contribution >= 0.6 is 0 Å². The molecule has 0 aliphatic rings. The van der Waals surface area contributed by atoms with Crippen LogP contribution in [0.25, 0.3) is 0 Å². The number of carbonyl (C=O) groups is 2. The average Bonchev–Trinajstić information content (AvgIpc) is 3.42. The Morgan fingerprint density at radius 1 is 0.368 bits per heavy atom. The first kappa shape index (κ1) is 73.8. The van der Waals surface area contributed by atoms with Gasteiger partial charge in [-0.1, -0.05) is 313 Å². The molecule has 0 aromatic heterocycles. The van der Waals surface area contributed by atoms with Crippen molar-refractivity contribution in [2.24, 2.45) is 0 Å². The number of allylic oxidation sites excluding steroid dienone is 7. The van der Waals surface area contributed by atoms with E-state index in [9.17, 15) is 19.8 Å². The predicted molar refractivity (Wildman–Crippen MR) is 333 cm³/mol. The van der Waals surface area contributed by atoms with E-state index in [-0.39, 0.29) is 18.5 Å². The van der Waals surface area contributed by atoms with Crippen LogP contribution in [0.1, 0.15) is 361 Å². The largest absolute Gasteiger partial charge is 0.466 e. The number of esters is 1. The standard InChI is InChI=1S/C70H131NO5/c1-3-5-7-9-11-13-15-17-19-32-35-38-42-46-50-54-58-62-68(73)67(66-72)71-69(74)63-59-55-51-47-43-39-36-33-30-28-26-24-22-20-21-23-25-27-29-31-34-37-41-45-49-53-57-61-65-76-70(75)64-60-56-52-48-44-40-18-16-14-12-10-8-6-4-2/h10,12,16,18,20-21,58,62,67-68,72-73H,3-9,11,13-15,17,19,22-57,59-61,63-66H2,1-2H3,(H,71,74)/b12-10-,18-16-,21-20-,62-58+. The second kappa shape index (κ2) is 65.3. The van der Waals surface area contributed by atoms with E-state index >= 15 is 0 Å². The number of rotatable bonds is 63. The zero-order valence-electron chi connectivity index (χ0n) is 51.0. The zero-order valence-corrected chi connectivity index (χ0v) is 51.0. The molecule has 2 unspecified atom stereocenters. The van der Waals surface area contributed by atoms with Gasteiger partial charge in [-0.25, -0.2) is 0 Å². The van der Waals surface area contributed by atoms with E-state index in [0.717, 1.165) is 51.4 Å². The van der Waals surface area contributed by atoms with Gasteiger partial charge in [0.25, 0.3) is 0 Å². The topological polar surface area (TPSA) is 95.9 Å². The molecule has 6 nitrogen and oxygen atoms in total. The molecule has 0 aliphatic carbocycles. The molecular weight excluding hydrogens is 935 g/mol. The molecule has 0 fully saturated rings. The van der Waals surface area contributed by atoms with Crippen molar-refractivity contribution < 1.29 is 24.5 Å². The van der Waals surface area contributed by atoms with Gasteiger partial charge >= 0.3 is 5.97 Å². The maximum Gasteiger partial charge on any atom is 0.305 e. The lowest BCUT2D eigenvalue weighted by Crippen LogP contribution is -2.45. The van der Waals surface area contributed by atoms with Crippen LogP contribution in [0, 0.1) is 0 Å². The Labute approximate surface area is 474 Å². The summed E-state index contributed by atoms with van der Waals surface area (Å²) >= 11 is 0. The molecule has 0 rings (SSSR count). The van der Waals surface area contributed by atoms with Crippen molar-refractivity contribution in [1.29, 1.82) is 0 Å². The lowest BCUT2D eigenvalue weighted by Gasteiger charge is -2.20. The smallest absolute Gasteiger partial charge is 0.305 e. The number of carbonyl (C=O) groups excluding carboxylic acids is 2. The monoisotopic (exact) mass is 1070 g/mol. The lowest BCUT2D eigenvalue weighted by atomic mass is 10.0. The summed E-state index contributed by atoms with van der Waals surface area (Å²) in [5, 5.41) is 23.2. The minimum absolute atomic E-state index is 0.000734. The van der Waals surface area contributed by atoms with E-state index in [0.29, 0.717) is 19.4 Å². The molecule has 0 saturated carbocycles. The second-order valence-electron chi connectivity index (χ2n) is 23.1. The number of hydrogen-bond acceptors (Lipinski definition) is 5. The highest BCUT2D eigenvalue weighted by atomic mass is 16.5. The number of amides is 1. The lowest BCUT2D eigenvalue weighted by molar-refractivity contribution is -0.143. The quantitative estimate of drug-likeness (QED) is 0.0320. The van der Waals surface area contributed by atoms with Crippen LogP contribution in [0.4, 0.5) is 0 Å². The van der Waals surface area contributed by atoms with Crippen LogP contribution in [0.5, 0.6) is 0 Å². The van der Waals surface area contributed by atoms with Crippen LogP contribution in [0.15, 0.2) is 48.6 Å². The van der Waals surface area contributed by atoms with Crippen LogP contribution in [0.3, 0.4) is 0 Å². The molecule has 446 valence electrons. The third kappa shape index (κ3) is 61.0. The summed E-state index contributed by atoms with van der Waals surface area (Å²) in [7, 11) is 0.